The van der Waals surface area contributed by atoms with Gasteiger partial charge in [0.1, 0.15) is 11.6 Å². The first-order valence-corrected chi connectivity index (χ1v) is 6.04. The van der Waals surface area contributed by atoms with Gasteiger partial charge in [0, 0.05) is 30.1 Å². The van der Waals surface area contributed by atoms with Gasteiger partial charge in [0.2, 0.25) is 5.91 Å². The number of nitrogens with zero attached hydrogens (tertiary/aromatic N) is 2. The minimum absolute atomic E-state index is 0.0360. The predicted octanol–water partition coefficient (Wildman–Crippen LogP) is 2.48. The monoisotopic (exact) mass is 336 g/mol. The fourth-order valence-electron chi connectivity index (χ4n) is 1.44. The second-order valence-electron chi connectivity index (χ2n) is 3.26. The Balaban J connectivity index is 2.30. The molecule has 0 saturated carbocycles. The van der Waals surface area contributed by atoms with Crippen molar-refractivity contribution in [1.29, 1.82) is 0 Å². The Morgan fingerprint density at radius 1 is 1.60 bits per heavy atom. The maximum Gasteiger partial charge on any atom is 0.229 e. The first-order chi connectivity index (χ1) is 7.08. The number of pyridine rings is 1. The molecule has 1 aromatic rings. The summed E-state index contributed by atoms with van der Waals surface area (Å²) in [6.45, 7) is 0.535. The third kappa shape index (κ3) is 2.20. The first kappa shape index (κ1) is 11.0. The number of carbonyl (C=O) groups excluding carboxylic acids is 1. The second kappa shape index (κ2) is 4.17. The fraction of sp³-hybridized carbons (Fsp3) is 0.333. The molecule has 0 aromatic carbocycles. The maximum atomic E-state index is 13.2. The van der Waals surface area contributed by atoms with E-state index >= 15 is 0 Å². The van der Waals surface area contributed by atoms with Crippen molar-refractivity contribution in [3.8, 4) is 0 Å². The van der Waals surface area contributed by atoms with Crippen molar-refractivity contribution in [2.45, 2.75) is 11.2 Å². The molecule has 0 spiro atoms. The quantitative estimate of drug-likeness (QED) is 0.738. The molecule has 0 N–H and O–H groups in total. The number of hydrogen-bond donors (Lipinski definition) is 0. The minimum Gasteiger partial charge on any atom is -0.296 e. The Labute approximate surface area is 103 Å². The summed E-state index contributed by atoms with van der Waals surface area (Å²) < 4.78 is 13.5. The van der Waals surface area contributed by atoms with Crippen LogP contribution >= 0.6 is 31.9 Å². The Hall–Kier alpha value is -0.490. The average molecular weight is 338 g/mol. The van der Waals surface area contributed by atoms with Crippen LogP contribution in [0.25, 0.3) is 0 Å². The molecule has 0 radical (unpaired) electrons. The molecule has 1 amide bonds. The first-order valence-electron chi connectivity index (χ1n) is 4.33. The Morgan fingerprint density at radius 3 is 2.87 bits per heavy atom. The molecule has 3 nitrogen and oxygen atoms in total. The van der Waals surface area contributed by atoms with Gasteiger partial charge < -0.3 is 0 Å². The lowest BCUT2D eigenvalue weighted by Crippen LogP contribution is -2.25. The SMILES string of the molecule is O=C1CC(Br)CN1c1cc(F)c(Br)cn1. The summed E-state index contributed by atoms with van der Waals surface area (Å²) in [7, 11) is 0. The normalized spacial score (nSPS) is 21.1. The number of hydrogen-bond acceptors (Lipinski definition) is 2. The zero-order chi connectivity index (χ0) is 11.0. The highest BCUT2D eigenvalue weighted by atomic mass is 79.9. The Bertz CT molecular complexity index is 413. The highest BCUT2D eigenvalue weighted by molar-refractivity contribution is 9.10. The van der Waals surface area contributed by atoms with E-state index in [1.807, 2.05) is 0 Å². The number of rotatable bonds is 1. The lowest BCUT2D eigenvalue weighted by Gasteiger charge is -2.14. The van der Waals surface area contributed by atoms with E-state index in [0.717, 1.165) is 0 Å². The summed E-state index contributed by atoms with van der Waals surface area (Å²) in [6, 6.07) is 1.26. The number of anilines is 1. The van der Waals surface area contributed by atoms with E-state index in [0.29, 0.717) is 23.3 Å². The highest BCUT2D eigenvalue weighted by Gasteiger charge is 2.29. The second-order valence-corrected chi connectivity index (χ2v) is 5.41. The molecule has 0 bridgehead atoms. The van der Waals surface area contributed by atoms with E-state index in [1.54, 1.807) is 0 Å². The van der Waals surface area contributed by atoms with E-state index in [4.69, 9.17) is 0 Å². The molecule has 1 atom stereocenters. The van der Waals surface area contributed by atoms with Gasteiger partial charge in [-0.05, 0) is 15.9 Å². The molecule has 2 heterocycles. The van der Waals surface area contributed by atoms with Crippen LogP contribution in [0.1, 0.15) is 6.42 Å². The smallest absolute Gasteiger partial charge is 0.229 e. The van der Waals surface area contributed by atoms with E-state index < -0.39 is 5.82 Å². The van der Waals surface area contributed by atoms with Gasteiger partial charge in [-0.2, -0.15) is 0 Å². The molecule has 1 saturated heterocycles. The van der Waals surface area contributed by atoms with Crippen molar-refractivity contribution >= 4 is 43.6 Å². The molecule has 1 aliphatic rings. The van der Waals surface area contributed by atoms with Crippen molar-refractivity contribution in [3.63, 3.8) is 0 Å². The van der Waals surface area contributed by atoms with Crippen LogP contribution in [0.15, 0.2) is 16.7 Å². The molecule has 1 aliphatic heterocycles. The third-order valence-electron chi connectivity index (χ3n) is 2.15. The molecule has 1 fully saturated rings. The molecule has 15 heavy (non-hydrogen) atoms. The van der Waals surface area contributed by atoms with Crippen LogP contribution in [0.3, 0.4) is 0 Å². The van der Waals surface area contributed by atoms with E-state index in [9.17, 15) is 9.18 Å². The van der Waals surface area contributed by atoms with Gasteiger partial charge >= 0.3 is 0 Å². The van der Waals surface area contributed by atoms with Crippen LogP contribution in [0.5, 0.6) is 0 Å². The van der Waals surface area contributed by atoms with Gasteiger partial charge in [-0.25, -0.2) is 9.37 Å². The number of aromatic nitrogens is 1. The molecule has 1 aromatic heterocycles. The van der Waals surface area contributed by atoms with Gasteiger partial charge in [-0.15, -0.1) is 0 Å². The van der Waals surface area contributed by atoms with E-state index in [2.05, 4.69) is 36.8 Å². The van der Waals surface area contributed by atoms with Crippen molar-refractivity contribution in [2.24, 2.45) is 0 Å². The summed E-state index contributed by atoms with van der Waals surface area (Å²) in [5.41, 5.74) is 0. The summed E-state index contributed by atoms with van der Waals surface area (Å²) in [4.78, 5) is 17.1. The molecule has 1 unspecified atom stereocenters. The van der Waals surface area contributed by atoms with Crippen LogP contribution in [0.2, 0.25) is 0 Å². The van der Waals surface area contributed by atoms with Crippen LogP contribution in [-0.4, -0.2) is 22.3 Å². The summed E-state index contributed by atoms with van der Waals surface area (Å²) in [5.74, 6) is -0.0837. The van der Waals surface area contributed by atoms with Crippen LogP contribution in [0, 0.1) is 5.82 Å². The molecule has 80 valence electrons. The maximum absolute atomic E-state index is 13.2. The Kier molecular flexibility index (Phi) is 3.06. The molecule has 2 rings (SSSR count). The highest BCUT2D eigenvalue weighted by Crippen LogP contribution is 2.25. The van der Waals surface area contributed by atoms with Crippen molar-refractivity contribution in [1.82, 2.24) is 4.98 Å². The lowest BCUT2D eigenvalue weighted by atomic mass is 10.4. The van der Waals surface area contributed by atoms with Gasteiger partial charge in [0.15, 0.2) is 0 Å². The largest absolute Gasteiger partial charge is 0.296 e. The topological polar surface area (TPSA) is 33.2 Å². The zero-order valence-electron chi connectivity index (χ0n) is 7.58. The lowest BCUT2D eigenvalue weighted by molar-refractivity contribution is -0.117. The Morgan fingerprint density at radius 2 is 2.33 bits per heavy atom. The summed E-state index contributed by atoms with van der Waals surface area (Å²) in [6.07, 6.45) is 1.79. The van der Waals surface area contributed by atoms with Gasteiger partial charge in [0.05, 0.1) is 4.47 Å². The zero-order valence-corrected chi connectivity index (χ0v) is 10.8. The van der Waals surface area contributed by atoms with E-state index in [-0.39, 0.29) is 10.7 Å². The fourth-order valence-corrected chi connectivity index (χ4v) is 2.22. The number of alkyl halides is 1. The van der Waals surface area contributed by atoms with Crippen LogP contribution in [-0.2, 0) is 4.79 Å². The third-order valence-corrected chi connectivity index (χ3v) is 3.35. The predicted molar refractivity (Wildman–Crippen MR) is 61.6 cm³/mol. The van der Waals surface area contributed by atoms with Crippen molar-refractivity contribution in [3.05, 3.63) is 22.6 Å². The summed E-state index contributed by atoms with van der Waals surface area (Å²) in [5, 5.41) is 0. The van der Waals surface area contributed by atoms with Gasteiger partial charge in [0.25, 0.3) is 0 Å². The number of halogens is 3. The number of carbonyl (C=O) groups is 1. The van der Waals surface area contributed by atoms with Gasteiger partial charge in [-0.1, -0.05) is 15.9 Å². The average Bonchev–Trinajstić information content (AvgIpc) is 2.50. The standard InChI is InChI=1S/C9H7Br2FN2O/c10-5-1-9(15)14(4-5)8-2-7(12)6(11)3-13-8/h2-3,5H,1,4H2. The summed E-state index contributed by atoms with van der Waals surface area (Å²) >= 11 is 6.37. The van der Waals surface area contributed by atoms with Crippen LogP contribution in [0.4, 0.5) is 10.2 Å². The molecule has 6 heteroatoms. The van der Waals surface area contributed by atoms with Crippen molar-refractivity contribution in [2.75, 3.05) is 11.4 Å². The minimum atomic E-state index is -0.411. The van der Waals surface area contributed by atoms with Crippen molar-refractivity contribution < 1.29 is 9.18 Å². The number of amides is 1. The van der Waals surface area contributed by atoms with Gasteiger partial charge in [-0.3, -0.25) is 9.69 Å². The van der Waals surface area contributed by atoms with E-state index in [1.165, 1.54) is 17.2 Å². The molecular formula is C9H7Br2FN2O. The van der Waals surface area contributed by atoms with Crippen LogP contribution < -0.4 is 4.90 Å². The molecule has 0 aliphatic carbocycles. The molecular weight excluding hydrogens is 331 g/mol.